The zero-order valence-electron chi connectivity index (χ0n) is 7.56. The molecule has 6 heteroatoms. The van der Waals surface area contributed by atoms with Crippen LogP contribution in [-0.2, 0) is 0 Å². The normalized spacial score (nSPS) is 9.79. The molecule has 1 aromatic rings. The van der Waals surface area contributed by atoms with E-state index >= 15 is 0 Å². The average molecular weight is 196 g/mol. The molecule has 0 aliphatic heterocycles. The molecule has 0 fully saturated rings. The standard InChI is InChI=1S/C8H12N4O2/c9-3-4-11-6-1-2-7(10)8(5-6)12(13)14/h1-2,5,11H,3-4,9-10H2. The van der Waals surface area contributed by atoms with Crippen LogP contribution in [0.25, 0.3) is 0 Å². The fourth-order valence-corrected chi connectivity index (χ4v) is 1.03. The maximum Gasteiger partial charge on any atom is 0.294 e. The molecular formula is C8H12N4O2. The van der Waals surface area contributed by atoms with E-state index in [2.05, 4.69) is 5.32 Å². The van der Waals surface area contributed by atoms with Gasteiger partial charge in [-0.3, -0.25) is 10.1 Å². The van der Waals surface area contributed by atoms with Gasteiger partial charge in [-0.2, -0.15) is 0 Å². The molecule has 0 heterocycles. The van der Waals surface area contributed by atoms with Crippen LogP contribution in [0.1, 0.15) is 0 Å². The Bertz CT molecular complexity index is 340. The molecule has 0 amide bonds. The second-order valence-corrected chi connectivity index (χ2v) is 2.75. The van der Waals surface area contributed by atoms with E-state index in [0.717, 1.165) is 0 Å². The topological polar surface area (TPSA) is 107 Å². The van der Waals surface area contributed by atoms with Gasteiger partial charge in [0.25, 0.3) is 5.69 Å². The van der Waals surface area contributed by atoms with E-state index < -0.39 is 4.92 Å². The number of hydrogen-bond acceptors (Lipinski definition) is 5. The molecule has 0 aromatic heterocycles. The zero-order chi connectivity index (χ0) is 10.6. The first kappa shape index (κ1) is 10.3. The molecule has 0 saturated heterocycles. The molecule has 14 heavy (non-hydrogen) atoms. The number of nitro benzene ring substituents is 1. The van der Waals surface area contributed by atoms with Gasteiger partial charge >= 0.3 is 0 Å². The summed E-state index contributed by atoms with van der Waals surface area (Å²) in [5.41, 5.74) is 11.4. The van der Waals surface area contributed by atoms with Gasteiger partial charge in [0.05, 0.1) is 4.92 Å². The van der Waals surface area contributed by atoms with Crippen molar-refractivity contribution < 1.29 is 4.92 Å². The van der Waals surface area contributed by atoms with Crippen LogP contribution in [0.4, 0.5) is 17.1 Å². The lowest BCUT2D eigenvalue weighted by Gasteiger charge is -2.04. The van der Waals surface area contributed by atoms with Gasteiger partial charge in [0.1, 0.15) is 5.69 Å². The number of nitrogens with zero attached hydrogens (tertiary/aromatic N) is 1. The summed E-state index contributed by atoms with van der Waals surface area (Å²) in [5, 5.41) is 13.5. The molecule has 6 nitrogen and oxygen atoms in total. The molecule has 0 saturated carbocycles. The largest absolute Gasteiger partial charge is 0.393 e. The van der Waals surface area contributed by atoms with Crippen LogP contribution >= 0.6 is 0 Å². The van der Waals surface area contributed by atoms with Crippen molar-refractivity contribution in [3.05, 3.63) is 28.3 Å². The van der Waals surface area contributed by atoms with E-state index in [4.69, 9.17) is 11.5 Å². The molecule has 0 bridgehead atoms. The van der Waals surface area contributed by atoms with E-state index in [1.807, 2.05) is 0 Å². The highest BCUT2D eigenvalue weighted by Gasteiger charge is 2.11. The summed E-state index contributed by atoms with van der Waals surface area (Å²) < 4.78 is 0. The Hall–Kier alpha value is -1.82. The van der Waals surface area contributed by atoms with Crippen LogP contribution in [0.15, 0.2) is 18.2 Å². The molecule has 0 aliphatic carbocycles. The van der Waals surface area contributed by atoms with Crippen LogP contribution in [0, 0.1) is 10.1 Å². The van der Waals surface area contributed by atoms with Crippen molar-refractivity contribution in [3.8, 4) is 0 Å². The molecule has 1 aromatic carbocycles. The summed E-state index contributed by atoms with van der Waals surface area (Å²) in [6, 6.07) is 4.57. The third-order valence-corrected chi connectivity index (χ3v) is 1.70. The van der Waals surface area contributed by atoms with E-state index in [9.17, 15) is 10.1 Å². The third-order valence-electron chi connectivity index (χ3n) is 1.70. The molecule has 0 unspecified atom stereocenters. The summed E-state index contributed by atoms with van der Waals surface area (Å²) >= 11 is 0. The fourth-order valence-electron chi connectivity index (χ4n) is 1.03. The predicted molar refractivity (Wildman–Crippen MR) is 55.1 cm³/mol. The molecule has 0 atom stereocenters. The first-order valence-corrected chi connectivity index (χ1v) is 4.13. The Morgan fingerprint density at radius 1 is 1.50 bits per heavy atom. The highest BCUT2D eigenvalue weighted by Crippen LogP contribution is 2.24. The van der Waals surface area contributed by atoms with Gasteiger partial charge in [-0.1, -0.05) is 0 Å². The number of anilines is 2. The van der Waals surface area contributed by atoms with Crippen LogP contribution in [-0.4, -0.2) is 18.0 Å². The van der Waals surface area contributed by atoms with Crippen molar-refractivity contribution in [1.29, 1.82) is 0 Å². The van der Waals surface area contributed by atoms with Crippen molar-refractivity contribution in [3.63, 3.8) is 0 Å². The first-order valence-electron chi connectivity index (χ1n) is 4.13. The zero-order valence-corrected chi connectivity index (χ0v) is 7.56. The molecule has 1 rings (SSSR count). The van der Waals surface area contributed by atoms with E-state index in [0.29, 0.717) is 18.8 Å². The second-order valence-electron chi connectivity index (χ2n) is 2.75. The summed E-state index contributed by atoms with van der Waals surface area (Å²) in [6.45, 7) is 1.04. The smallest absolute Gasteiger partial charge is 0.294 e. The first-order chi connectivity index (χ1) is 6.65. The van der Waals surface area contributed by atoms with Gasteiger partial charge in [0.2, 0.25) is 0 Å². The number of nitrogens with one attached hydrogen (secondary N) is 1. The number of benzene rings is 1. The number of nitro groups is 1. The summed E-state index contributed by atoms with van der Waals surface area (Å²) in [7, 11) is 0. The lowest BCUT2D eigenvalue weighted by atomic mass is 10.2. The van der Waals surface area contributed by atoms with E-state index in [1.165, 1.54) is 12.1 Å². The Balaban J connectivity index is 2.89. The van der Waals surface area contributed by atoms with Crippen molar-refractivity contribution in [2.45, 2.75) is 0 Å². The quantitative estimate of drug-likeness (QED) is 0.370. The highest BCUT2D eigenvalue weighted by molar-refractivity contribution is 5.65. The Labute approximate surface area is 81.0 Å². The van der Waals surface area contributed by atoms with Crippen molar-refractivity contribution in [2.75, 3.05) is 24.1 Å². The summed E-state index contributed by atoms with van der Waals surface area (Å²) in [4.78, 5) is 10.0. The predicted octanol–water partition coefficient (Wildman–Crippen LogP) is 0.548. The minimum atomic E-state index is -0.511. The van der Waals surface area contributed by atoms with E-state index in [1.54, 1.807) is 6.07 Å². The van der Waals surface area contributed by atoms with Gasteiger partial charge in [0, 0.05) is 24.8 Å². The molecule has 5 N–H and O–H groups in total. The maximum atomic E-state index is 10.5. The third kappa shape index (κ3) is 2.33. The van der Waals surface area contributed by atoms with Crippen molar-refractivity contribution in [2.24, 2.45) is 5.73 Å². The number of hydrogen-bond donors (Lipinski definition) is 3. The Kier molecular flexibility index (Phi) is 3.24. The summed E-state index contributed by atoms with van der Waals surface area (Å²) in [6.07, 6.45) is 0. The van der Waals surface area contributed by atoms with Crippen LogP contribution in [0.2, 0.25) is 0 Å². The van der Waals surface area contributed by atoms with Gasteiger partial charge in [0.15, 0.2) is 0 Å². The number of nitrogens with two attached hydrogens (primary N) is 2. The lowest BCUT2D eigenvalue weighted by Crippen LogP contribution is -2.13. The fraction of sp³-hybridized carbons (Fsp3) is 0.250. The highest BCUT2D eigenvalue weighted by atomic mass is 16.6. The Morgan fingerprint density at radius 2 is 2.21 bits per heavy atom. The van der Waals surface area contributed by atoms with Gasteiger partial charge in [-0.15, -0.1) is 0 Å². The Morgan fingerprint density at radius 3 is 2.79 bits per heavy atom. The van der Waals surface area contributed by atoms with Gasteiger partial charge in [-0.25, -0.2) is 0 Å². The van der Waals surface area contributed by atoms with Gasteiger partial charge in [-0.05, 0) is 12.1 Å². The van der Waals surface area contributed by atoms with Crippen molar-refractivity contribution in [1.82, 2.24) is 0 Å². The van der Waals surface area contributed by atoms with Crippen molar-refractivity contribution >= 4 is 17.1 Å². The molecule has 0 spiro atoms. The molecule has 0 radical (unpaired) electrons. The van der Waals surface area contributed by atoms with Gasteiger partial charge < -0.3 is 16.8 Å². The minimum Gasteiger partial charge on any atom is -0.393 e. The molecule has 0 aliphatic rings. The second kappa shape index (κ2) is 4.43. The number of rotatable bonds is 4. The van der Waals surface area contributed by atoms with Crippen LogP contribution in [0.5, 0.6) is 0 Å². The number of nitrogen functional groups attached to an aromatic ring is 1. The van der Waals surface area contributed by atoms with Crippen LogP contribution < -0.4 is 16.8 Å². The lowest BCUT2D eigenvalue weighted by molar-refractivity contribution is -0.383. The SMILES string of the molecule is NCCNc1ccc(N)c([N+](=O)[O-])c1. The molecule has 76 valence electrons. The van der Waals surface area contributed by atoms with Crippen LogP contribution in [0.3, 0.4) is 0 Å². The monoisotopic (exact) mass is 196 g/mol. The molecular weight excluding hydrogens is 184 g/mol. The average Bonchev–Trinajstić information content (AvgIpc) is 2.16. The van der Waals surface area contributed by atoms with E-state index in [-0.39, 0.29) is 11.4 Å². The minimum absolute atomic E-state index is 0.0907. The summed E-state index contributed by atoms with van der Waals surface area (Å²) in [5.74, 6) is 0. The maximum absolute atomic E-state index is 10.5.